The molecule has 5 nitrogen and oxygen atoms in total. The van der Waals surface area contributed by atoms with Gasteiger partial charge in [-0.1, -0.05) is 24.3 Å². The Bertz CT molecular complexity index is 782. The Labute approximate surface area is 133 Å². The Kier molecular flexibility index (Phi) is 3.88. The van der Waals surface area contributed by atoms with Gasteiger partial charge in [0.2, 0.25) is 5.91 Å². The Balaban J connectivity index is 1.89. The van der Waals surface area contributed by atoms with Gasteiger partial charge in [0, 0.05) is 5.69 Å². The van der Waals surface area contributed by atoms with Crippen molar-refractivity contribution in [2.24, 2.45) is 0 Å². The molecule has 1 aliphatic rings. The van der Waals surface area contributed by atoms with E-state index >= 15 is 0 Å². The Morgan fingerprint density at radius 1 is 1.26 bits per heavy atom. The maximum absolute atomic E-state index is 12.3. The number of nitrogens with zero attached hydrogens (tertiary/aromatic N) is 1. The number of carboxylic acids is 1. The fraction of sp³-hybridized carbons (Fsp3) is 0.222. The van der Waals surface area contributed by atoms with Crippen LogP contribution >= 0.6 is 0 Å². The van der Waals surface area contributed by atoms with E-state index < -0.39 is 12.1 Å². The zero-order chi connectivity index (χ0) is 16.6. The first-order chi connectivity index (χ1) is 11.0. The minimum atomic E-state index is -0.985. The summed E-state index contributed by atoms with van der Waals surface area (Å²) in [4.78, 5) is 25.0. The molecule has 5 heteroatoms. The smallest absolute Gasteiger partial charge is 0.335 e. The third-order valence-electron chi connectivity index (χ3n) is 4.03. The summed E-state index contributed by atoms with van der Waals surface area (Å²) in [7, 11) is 0. The van der Waals surface area contributed by atoms with Crippen molar-refractivity contribution < 1.29 is 19.8 Å². The van der Waals surface area contributed by atoms with E-state index in [0.717, 1.165) is 22.4 Å². The van der Waals surface area contributed by atoms with E-state index in [-0.39, 0.29) is 11.5 Å². The minimum absolute atomic E-state index is 0.0246. The second kappa shape index (κ2) is 5.85. The van der Waals surface area contributed by atoms with Crippen LogP contribution in [0.15, 0.2) is 42.5 Å². The molecule has 0 aromatic heterocycles. The van der Waals surface area contributed by atoms with Crippen molar-refractivity contribution in [1.82, 2.24) is 0 Å². The van der Waals surface area contributed by atoms with Crippen LogP contribution in [0.2, 0.25) is 0 Å². The lowest BCUT2D eigenvalue weighted by atomic mass is 10.0. The highest BCUT2D eigenvalue weighted by Crippen LogP contribution is 2.32. The molecule has 118 valence electrons. The number of hydrogen-bond acceptors (Lipinski definition) is 3. The van der Waals surface area contributed by atoms with Gasteiger partial charge < -0.3 is 15.1 Å². The number of carbonyl (C=O) groups is 2. The van der Waals surface area contributed by atoms with Crippen LogP contribution in [0.5, 0.6) is 0 Å². The molecule has 0 radical (unpaired) electrons. The molecule has 1 atom stereocenters. The monoisotopic (exact) mass is 311 g/mol. The number of aromatic carboxylic acids is 1. The molecule has 0 bridgehead atoms. The molecule has 0 spiro atoms. The Morgan fingerprint density at radius 2 is 2.04 bits per heavy atom. The lowest BCUT2D eigenvalue weighted by Crippen LogP contribution is -2.26. The molecule has 0 saturated heterocycles. The molecule has 2 aromatic carbocycles. The summed E-state index contributed by atoms with van der Waals surface area (Å²) in [5, 5.41) is 18.7. The summed E-state index contributed by atoms with van der Waals surface area (Å²) >= 11 is 0. The molecule has 1 aliphatic heterocycles. The number of aliphatic hydroxyl groups excluding tert-OH is 1. The average Bonchev–Trinajstić information content (AvgIpc) is 2.82. The molecule has 3 rings (SSSR count). The third-order valence-corrected chi connectivity index (χ3v) is 4.03. The first-order valence-electron chi connectivity index (χ1n) is 7.39. The molecule has 2 aromatic rings. The predicted molar refractivity (Wildman–Crippen MR) is 85.4 cm³/mol. The summed E-state index contributed by atoms with van der Waals surface area (Å²) in [5.74, 6) is -1.01. The van der Waals surface area contributed by atoms with Crippen molar-refractivity contribution in [3.63, 3.8) is 0 Å². The highest BCUT2D eigenvalue weighted by molar-refractivity contribution is 6.01. The zero-order valence-corrected chi connectivity index (χ0v) is 12.7. The van der Waals surface area contributed by atoms with Crippen LogP contribution < -0.4 is 4.90 Å². The second-order valence-corrected chi connectivity index (χ2v) is 5.73. The van der Waals surface area contributed by atoms with Gasteiger partial charge in [-0.3, -0.25) is 4.79 Å². The van der Waals surface area contributed by atoms with Crippen molar-refractivity contribution in [2.45, 2.75) is 26.0 Å². The number of benzene rings is 2. The number of fused-ring (bicyclic) bond motifs is 1. The summed E-state index contributed by atoms with van der Waals surface area (Å²) in [6, 6.07) is 12.1. The van der Waals surface area contributed by atoms with Crippen LogP contribution in [0.4, 0.5) is 5.69 Å². The molecule has 0 fully saturated rings. The summed E-state index contributed by atoms with van der Waals surface area (Å²) in [5.41, 5.74) is 3.47. The topological polar surface area (TPSA) is 77.8 Å². The summed E-state index contributed by atoms with van der Waals surface area (Å²) in [6.45, 7) is 2.02. The number of carbonyl (C=O) groups excluding carboxylic acids is 1. The first kappa shape index (κ1) is 15.2. The van der Waals surface area contributed by atoms with Gasteiger partial charge in [0.05, 0.1) is 24.6 Å². The molecule has 1 heterocycles. The highest BCUT2D eigenvalue weighted by Gasteiger charge is 2.27. The quantitative estimate of drug-likeness (QED) is 0.909. The number of hydrogen-bond donors (Lipinski definition) is 2. The molecule has 2 N–H and O–H groups in total. The van der Waals surface area contributed by atoms with Crippen LogP contribution in [-0.4, -0.2) is 22.1 Å². The largest absolute Gasteiger partial charge is 0.478 e. The van der Waals surface area contributed by atoms with E-state index in [1.165, 1.54) is 6.07 Å². The fourth-order valence-corrected chi connectivity index (χ4v) is 2.82. The van der Waals surface area contributed by atoms with E-state index in [1.807, 2.05) is 24.3 Å². The maximum atomic E-state index is 12.3. The van der Waals surface area contributed by atoms with Gasteiger partial charge >= 0.3 is 5.97 Å². The van der Waals surface area contributed by atoms with Crippen molar-refractivity contribution in [3.8, 4) is 0 Å². The zero-order valence-electron chi connectivity index (χ0n) is 12.7. The van der Waals surface area contributed by atoms with Gasteiger partial charge in [-0.15, -0.1) is 0 Å². The fourth-order valence-electron chi connectivity index (χ4n) is 2.82. The molecule has 0 saturated carbocycles. The third kappa shape index (κ3) is 2.96. The standard InChI is InChI=1S/C18H17NO4/c1-11(20)13-5-6-16-15(8-13)9-17(21)19(16)10-12-3-2-4-14(7-12)18(22)23/h2-8,11,20H,9-10H2,1H3,(H,22,23). The maximum Gasteiger partial charge on any atom is 0.335 e. The number of aliphatic hydroxyl groups is 1. The molecule has 23 heavy (non-hydrogen) atoms. The average molecular weight is 311 g/mol. The van der Waals surface area contributed by atoms with Crippen LogP contribution in [0.25, 0.3) is 0 Å². The normalized spacial score (nSPS) is 14.7. The van der Waals surface area contributed by atoms with Crippen molar-refractivity contribution in [3.05, 3.63) is 64.7 Å². The molecule has 0 aliphatic carbocycles. The first-order valence-corrected chi connectivity index (χ1v) is 7.39. The molecular weight excluding hydrogens is 294 g/mol. The van der Waals surface area contributed by atoms with Gasteiger partial charge in [-0.2, -0.15) is 0 Å². The van der Waals surface area contributed by atoms with Crippen LogP contribution in [0.1, 0.15) is 40.1 Å². The van der Waals surface area contributed by atoms with E-state index in [9.17, 15) is 14.7 Å². The van der Waals surface area contributed by atoms with Gasteiger partial charge in [0.1, 0.15) is 0 Å². The van der Waals surface area contributed by atoms with Crippen molar-refractivity contribution >= 4 is 17.6 Å². The van der Waals surface area contributed by atoms with E-state index in [0.29, 0.717) is 13.0 Å². The van der Waals surface area contributed by atoms with Crippen LogP contribution in [0, 0.1) is 0 Å². The molecule has 1 unspecified atom stereocenters. The van der Waals surface area contributed by atoms with E-state index in [4.69, 9.17) is 5.11 Å². The second-order valence-electron chi connectivity index (χ2n) is 5.73. The highest BCUT2D eigenvalue weighted by atomic mass is 16.4. The molecular formula is C18H17NO4. The van der Waals surface area contributed by atoms with E-state index in [2.05, 4.69) is 0 Å². The predicted octanol–water partition coefficient (Wildman–Crippen LogP) is 2.53. The number of carboxylic acid groups (broad SMARTS) is 1. The lowest BCUT2D eigenvalue weighted by molar-refractivity contribution is -0.117. The van der Waals surface area contributed by atoms with Crippen molar-refractivity contribution in [1.29, 1.82) is 0 Å². The van der Waals surface area contributed by atoms with Gasteiger partial charge in [0.25, 0.3) is 0 Å². The van der Waals surface area contributed by atoms with E-state index in [1.54, 1.807) is 24.0 Å². The van der Waals surface area contributed by atoms with Crippen LogP contribution in [-0.2, 0) is 17.8 Å². The number of amides is 1. The number of anilines is 1. The summed E-state index contributed by atoms with van der Waals surface area (Å²) < 4.78 is 0. The SMILES string of the molecule is CC(O)c1ccc2c(c1)CC(=O)N2Cc1cccc(C(=O)O)c1. The summed E-state index contributed by atoms with van der Waals surface area (Å²) in [6.07, 6.45) is -0.272. The van der Waals surface area contributed by atoms with Gasteiger partial charge in [-0.25, -0.2) is 4.79 Å². The van der Waals surface area contributed by atoms with Crippen molar-refractivity contribution in [2.75, 3.05) is 4.90 Å². The lowest BCUT2D eigenvalue weighted by Gasteiger charge is -2.18. The molecule has 1 amide bonds. The van der Waals surface area contributed by atoms with Gasteiger partial charge in [-0.05, 0) is 41.8 Å². The Hall–Kier alpha value is -2.66. The van der Waals surface area contributed by atoms with Gasteiger partial charge in [0.15, 0.2) is 0 Å². The van der Waals surface area contributed by atoms with Crippen LogP contribution in [0.3, 0.4) is 0 Å². The minimum Gasteiger partial charge on any atom is -0.478 e. The Morgan fingerprint density at radius 3 is 2.74 bits per heavy atom. The number of rotatable bonds is 4.